The van der Waals surface area contributed by atoms with E-state index in [0.29, 0.717) is 19.1 Å². The number of rotatable bonds is 2. The Bertz CT molecular complexity index is 513. The minimum Gasteiger partial charge on any atom is -0.384 e. The number of nitrogens with two attached hydrogens (primary N) is 1. The fourth-order valence-electron chi connectivity index (χ4n) is 3.10. The molecule has 2 saturated heterocycles. The Hall–Kier alpha value is -1.57. The molecule has 1 aromatic rings. The summed E-state index contributed by atoms with van der Waals surface area (Å²) in [4.78, 5) is 11.2. The van der Waals surface area contributed by atoms with Crippen LogP contribution in [0.15, 0.2) is 6.07 Å². The zero-order chi connectivity index (χ0) is 15.0. The van der Waals surface area contributed by atoms with Gasteiger partial charge in [-0.3, -0.25) is 4.90 Å². The number of anilines is 2. The summed E-state index contributed by atoms with van der Waals surface area (Å²) in [5.74, 6) is -1.03. The number of alkyl halides is 3. The average Bonchev–Trinajstić information content (AvgIpc) is 3.08. The molecular formula is C13H18F3N5. The quantitative estimate of drug-likeness (QED) is 0.902. The van der Waals surface area contributed by atoms with E-state index in [0.717, 1.165) is 19.5 Å². The molecule has 21 heavy (non-hydrogen) atoms. The zero-order valence-corrected chi connectivity index (χ0v) is 11.6. The number of halogens is 3. The Balaban J connectivity index is 1.76. The van der Waals surface area contributed by atoms with Crippen molar-refractivity contribution in [1.82, 2.24) is 14.9 Å². The van der Waals surface area contributed by atoms with Crippen LogP contribution in [-0.4, -0.2) is 47.1 Å². The van der Waals surface area contributed by atoms with E-state index in [9.17, 15) is 13.2 Å². The van der Waals surface area contributed by atoms with Crippen molar-refractivity contribution < 1.29 is 13.2 Å². The summed E-state index contributed by atoms with van der Waals surface area (Å²) in [5.41, 5.74) is 5.49. The van der Waals surface area contributed by atoms with Crippen molar-refractivity contribution >= 4 is 11.6 Å². The summed E-state index contributed by atoms with van der Waals surface area (Å²) >= 11 is 0. The number of likely N-dealkylation sites (tertiary alicyclic amines) is 1. The Labute approximate surface area is 120 Å². The van der Waals surface area contributed by atoms with Crippen LogP contribution in [0.4, 0.5) is 24.8 Å². The maximum atomic E-state index is 12.7. The molecule has 0 amide bonds. The largest absolute Gasteiger partial charge is 0.451 e. The van der Waals surface area contributed by atoms with Gasteiger partial charge in [0.15, 0.2) is 0 Å². The number of hydrogen-bond donors (Lipinski definition) is 1. The minimum absolute atomic E-state index is 0.142. The molecular weight excluding hydrogens is 283 g/mol. The molecule has 3 rings (SSSR count). The van der Waals surface area contributed by atoms with Crippen LogP contribution in [-0.2, 0) is 6.18 Å². The van der Waals surface area contributed by atoms with Crippen molar-refractivity contribution in [3.63, 3.8) is 0 Å². The van der Waals surface area contributed by atoms with Gasteiger partial charge < -0.3 is 10.6 Å². The predicted octanol–water partition coefficient (Wildman–Crippen LogP) is 1.75. The molecule has 0 radical (unpaired) electrons. The highest BCUT2D eigenvalue weighted by Crippen LogP contribution is 2.30. The van der Waals surface area contributed by atoms with Gasteiger partial charge in [0.05, 0.1) is 0 Å². The normalized spacial score (nSPS) is 24.0. The monoisotopic (exact) mass is 301 g/mol. The van der Waals surface area contributed by atoms with E-state index in [4.69, 9.17) is 5.73 Å². The van der Waals surface area contributed by atoms with Crippen LogP contribution in [0.2, 0.25) is 0 Å². The molecule has 1 unspecified atom stereocenters. The molecule has 0 aliphatic carbocycles. The van der Waals surface area contributed by atoms with E-state index in [2.05, 4.69) is 14.9 Å². The average molecular weight is 301 g/mol. The van der Waals surface area contributed by atoms with Crippen molar-refractivity contribution in [3.05, 3.63) is 11.9 Å². The van der Waals surface area contributed by atoms with Gasteiger partial charge in [-0.25, -0.2) is 9.97 Å². The van der Waals surface area contributed by atoms with Gasteiger partial charge in [0.25, 0.3) is 0 Å². The van der Waals surface area contributed by atoms with Crippen molar-refractivity contribution in [2.45, 2.75) is 31.5 Å². The molecule has 2 aliphatic heterocycles. The van der Waals surface area contributed by atoms with Crippen LogP contribution in [0.1, 0.15) is 25.1 Å². The first-order chi connectivity index (χ1) is 9.93. The summed E-state index contributed by atoms with van der Waals surface area (Å²) < 4.78 is 38.2. The van der Waals surface area contributed by atoms with Crippen molar-refractivity contribution in [3.8, 4) is 0 Å². The molecule has 5 nitrogen and oxygen atoms in total. The van der Waals surface area contributed by atoms with Crippen LogP contribution in [0.25, 0.3) is 0 Å². The number of aromatic nitrogens is 2. The van der Waals surface area contributed by atoms with E-state index < -0.39 is 12.0 Å². The number of nitrogens with zero attached hydrogens (tertiary/aromatic N) is 4. The lowest BCUT2D eigenvalue weighted by atomic mass is 10.2. The fraction of sp³-hybridized carbons (Fsp3) is 0.692. The standard InChI is InChI=1S/C13H18F3N5/c14-13(15,16)12-18-10(17)7-11(19-12)21-6-3-9(8-21)20-4-1-2-5-20/h7,9H,1-6,8H2,(H2,17,18,19). The van der Waals surface area contributed by atoms with Crippen LogP contribution < -0.4 is 10.6 Å². The highest BCUT2D eigenvalue weighted by atomic mass is 19.4. The lowest BCUT2D eigenvalue weighted by molar-refractivity contribution is -0.144. The second-order valence-corrected chi connectivity index (χ2v) is 5.60. The third-order valence-corrected chi connectivity index (χ3v) is 4.13. The lowest BCUT2D eigenvalue weighted by Crippen LogP contribution is -2.35. The van der Waals surface area contributed by atoms with Crippen LogP contribution in [0, 0.1) is 0 Å². The number of nitrogen functional groups attached to an aromatic ring is 1. The van der Waals surface area contributed by atoms with Gasteiger partial charge >= 0.3 is 6.18 Å². The topological polar surface area (TPSA) is 58.3 Å². The van der Waals surface area contributed by atoms with E-state index in [1.165, 1.54) is 18.9 Å². The lowest BCUT2D eigenvalue weighted by Gasteiger charge is -2.24. The molecule has 116 valence electrons. The van der Waals surface area contributed by atoms with Gasteiger partial charge in [-0.05, 0) is 32.4 Å². The molecule has 2 aliphatic rings. The summed E-state index contributed by atoms with van der Waals surface area (Å²) in [6.07, 6.45) is -1.21. The van der Waals surface area contributed by atoms with E-state index in [1.54, 1.807) is 0 Å². The maximum Gasteiger partial charge on any atom is 0.451 e. The summed E-state index contributed by atoms with van der Waals surface area (Å²) in [5, 5.41) is 0. The maximum absolute atomic E-state index is 12.7. The van der Waals surface area contributed by atoms with Crippen molar-refractivity contribution in [1.29, 1.82) is 0 Å². The van der Waals surface area contributed by atoms with Crippen molar-refractivity contribution in [2.24, 2.45) is 0 Å². The van der Waals surface area contributed by atoms with E-state index >= 15 is 0 Å². The van der Waals surface area contributed by atoms with Gasteiger partial charge in [0.1, 0.15) is 11.6 Å². The summed E-state index contributed by atoms with van der Waals surface area (Å²) in [6.45, 7) is 3.57. The van der Waals surface area contributed by atoms with Crippen LogP contribution in [0.3, 0.4) is 0 Å². The van der Waals surface area contributed by atoms with Crippen LogP contribution >= 0.6 is 0 Å². The first-order valence-electron chi connectivity index (χ1n) is 7.14. The molecule has 1 aromatic heterocycles. The van der Waals surface area contributed by atoms with Gasteiger partial charge in [-0.2, -0.15) is 13.2 Å². The van der Waals surface area contributed by atoms with Crippen LogP contribution in [0.5, 0.6) is 0 Å². The smallest absolute Gasteiger partial charge is 0.384 e. The minimum atomic E-state index is -4.57. The Morgan fingerprint density at radius 2 is 1.86 bits per heavy atom. The Morgan fingerprint density at radius 3 is 2.52 bits per heavy atom. The highest BCUT2D eigenvalue weighted by Gasteiger charge is 2.37. The first kappa shape index (κ1) is 14.4. The molecule has 1 atom stereocenters. The highest BCUT2D eigenvalue weighted by molar-refractivity contribution is 5.48. The summed E-state index contributed by atoms with van der Waals surface area (Å²) in [6, 6.07) is 1.82. The van der Waals surface area contributed by atoms with E-state index in [-0.39, 0.29) is 11.6 Å². The fourth-order valence-corrected chi connectivity index (χ4v) is 3.10. The third-order valence-electron chi connectivity index (χ3n) is 4.13. The second-order valence-electron chi connectivity index (χ2n) is 5.60. The SMILES string of the molecule is Nc1cc(N2CCC(N3CCCC3)C2)nc(C(F)(F)F)n1. The van der Waals surface area contributed by atoms with Gasteiger partial charge in [-0.15, -0.1) is 0 Å². The molecule has 2 N–H and O–H groups in total. The summed E-state index contributed by atoms with van der Waals surface area (Å²) in [7, 11) is 0. The molecule has 0 bridgehead atoms. The van der Waals surface area contributed by atoms with Gasteiger partial charge in [0, 0.05) is 25.2 Å². The molecule has 2 fully saturated rings. The molecule has 3 heterocycles. The predicted molar refractivity (Wildman–Crippen MR) is 72.9 cm³/mol. The van der Waals surface area contributed by atoms with Gasteiger partial charge in [0.2, 0.25) is 5.82 Å². The molecule has 0 aromatic carbocycles. The molecule has 0 saturated carbocycles. The van der Waals surface area contributed by atoms with Crippen molar-refractivity contribution in [2.75, 3.05) is 36.8 Å². The van der Waals surface area contributed by atoms with E-state index in [1.807, 2.05) is 4.90 Å². The molecule has 0 spiro atoms. The Morgan fingerprint density at radius 1 is 1.14 bits per heavy atom. The molecule has 8 heteroatoms. The zero-order valence-electron chi connectivity index (χ0n) is 11.6. The third kappa shape index (κ3) is 3.04. The Kier molecular flexibility index (Phi) is 3.64. The first-order valence-corrected chi connectivity index (χ1v) is 7.14. The van der Waals surface area contributed by atoms with Gasteiger partial charge in [-0.1, -0.05) is 0 Å². The second kappa shape index (κ2) is 5.32. The number of hydrogen-bond acceptors (Lipinski definition) is 5.